The second-order valence-electron chi connectivity index (χ2n) is 7.76. The predicted molar refractivity (Wildman–Crippen MR) is 111 cm³/mol. The van der Waals surface area contributed by atoms with Crippen molar-refractivity contribution in [3.63, 3.8) is 0 Å². The number of H-pyrrole nitrogens is 1. The number of hydrogen-bond acceptors (Lipinski definition) is 5. The summed E-state index contributed by atoms with van der Waals surface area (Å²) >= 11 is 0. The SMILES string of the molecule is O=C(c1cc[nH]c(=O)c1)N1CCC2(CC1)OCCc1cnc(-c3ccccc3)nc12. The molecule has 0 unspecified atom stereocenters. The Hall–Kier alpha value is -3.32. The molecule has 0 saturated carbocycles. The number of amides is 1. The molecule has 7 nitrogen and oxygen atoms in total. The van der Waals surface area contributed by atoms with E-state index >= 15 is 0 Å². The molecular formula is C23H22N4O3. The van der Waals surface area contributed by atoms with Crippen LogP contribution in [0.1, 0.15) is 34.5 Å². The zero-order valence-electron chi connectivity index (χ0n) is 16.5. The van der Waals surface area contributed by atoms with Crippen molar-refractivity contribution < 1.29 is 9.53 Å². The number of hydrogen-bond donors (Lipinski definition) is 1. The van der Waals surface area contributed by atoms with Crippen molar-refractivity contribution in [3.05, 3.63) is 82.0 Å². The monoisotopic (exact) mass is 402 g/mol. The highest BCUT2D eigenvalue weighted by Gasteiger charge is 2.43. The molecule has 1 fully saturated rings. The summed E-state index contributed by atoms with van der Waals surface area (Å²) in [7, 11) is 0. The number of fused-ring (bicyclic) bond motifs is 2. The van der Waals surface area contributed by atoms with Crippen LogP contribution in [0.3, 0.4) is 0 Å². The van der Waals surface area contributed by atoms with Crippen LogP contribution in [0, 0.1) is 0 Å². The first-order valence-electron chi connectivity index (χ1n) is 10.2. The van der Waals surface area contributed by atoms with Gasteiger partial charge in [0, 0.05) is 42.7 Å². The van der Waals surface area contributed by atoms with Gasteiger partial charge in [0.15, 0.2) is 5.82 Å². The number of pyridine rings is 1. The van der Waals surface area contributed by atoms with E-state index in [-0.39, 0.29) is 11.5 Å². The van der Waals surface area contributed by atoms with E-state index in [1.807, 2.05) is 36.5 Å². The largest absolute Gasteiger partial charge is 0.368 e. The fourth-order valence-electron chi connectivity index (χ4n) is 4.35. The smallest absolute Gasteiger partial charge is 0.254 e. The number of aromatic nitrogens is 3. The quantitative estimate of drug-likeness (QED) is 0.712. The lowest BCUT2D eigenvalue weighted by molar-refractivity contribution is -0.0967. The second kappa shape index (κ2) is 7.50. The lowest BCUT2D eigenvalue weighted by atomic mass is 9.83. The first-order valence-corrected chi connectivity index (χ1v) is 10.2. The zero-order chi connectivity index (χ0) is 20.6. The minimum atomic E-state index is -0.495. The Balaban J connectivity index is 1.41. The molecule has 30 heavy (non-hydrogen) atoms. The molecule has 0 atom stereocenters. The average Bonchev–Trinajstić information content (AvgIpc) is 2.80. The molecule has 1 saturated heterocycles. The number of nitrogens with zero attached hydrogens (tertiary/aromatic N) is 3. The molecule has 4 heterocycles. The van der Waals surface area contributed by atoms with Crippen LogP contribution in [0.5, 0.6) is 0 Å². The normalized spacial score (nSPS) is 17.5. The molecule has 1 N–H and O–H groups in total. The number of ether oxygens (including phenoxy) is 1. The first kappa shape index (κ1) is 18.7. The van der Waals surface area contributed by atoms with Gasteiger partial charge in [0.1, 0.15) is 5.60 Å². The average molecular weight is 402 g/mol. The van der Waals surface area contributed by atoms with E-state index in [0.717, 1.165) is 23.2 Å². The molecule has 2 aliphatic rings. The van der Waals surface area contributed by atoms with Gasteiger partial charge in [0.05, 0.1) is 12.3 Å². The van der Waals surface area contributed by atoms with Gasteiger partial charge < -0.3 is 14.6 Å². The maximum atomic E-state index is 12.8. The summed E-state index contributed by atoms with van der Waals surface area (Å²) in [6.45, 7) is 1.73. The number of carbonyl (C=O) groups excluding carboxylic acids is 1. The highest BCUT2D eigenvalue weighted by molar-refractivity contribution is 5.94. The van der Waals surface area contributed by atoms with Gasteiger partial charge in [0.25, 0.3) is 5.91 Å². The number of likely N-dealkylation sites (tertiary alicyclic amines) is 1. The van der Waals surface area contributed by atoms with Gasteiger partial charge in [-0.1, -0.05) is 30.3 Å². The Bertz CT molecular complexity index is 1130. The molecule has 1 aromatic carbocycles. The highest BCUT2D eigenvalue weighted by atomic mass is 16.5. The third-order valence-corrected chi connectivity index (χ3v) is 5.96. The van der Waals surface area contributed by atoms with E-state index in [4.69, 9.17) is 9.72 Å². The summed E-state index contributed by atoms with van der Waals surface area (Å²) in [5, 5.41) is 0. The molecule has 1 amide bonds. The first-order chi connectivity index (χ1) is 14.6. The van der Waals surface area contributed by atoms with E-state index in [2.05, 4.69) is 9.97 Å². The van der Waals surface area contributed by atoms with E-state index in [9.17, 15) is 9.59 Å². The summed E-state index contributed by atoms with van der Waals surface area (Å²) in [6.07, 6.45) is 5.55. The maximum absolute atomic E-state index is 12.8. The Kier molecular flexibility index (Phi) is 4.67. The van der Waals surface area contributed by atoms with Gasteiger partial charge in [-0.25, -0.2) is 9.97 Å². The minimum Gasteiger partial charge on any atom is -0.368 e. The molecule has 0 aliphatic carbocycles. The van der Waals surface area contributed by atoms with Gasteiger partial charge in [0.2, 0.25) is 5.56 Å². The Labute approximate surface area is 173 Å². The van der Waals surface area contributed by atoms with Crippen LogP contribution >= 0.6 is 0 Å². The number of benzene rings is 1. The molecule has 5 rings (SSSR count). The lowest BCUT2D eigenvalue weighted by Crippen LogP contribution is -2.49. The molecular weight excluding hydrogens is 380 g/mol. The van der Waals surface area contributed by atoms with Gasteiger partial charge in [-0.2, -0.15) is 0 Å². The van der Waals surface area contributed by atoms with Crippen LogP contribution in [0.25, 0.3) is 11.4 Å². The Morgan fingerprint density at radius 3 is 2.70 bits per heavy atom. The predicted octanol–water partition coefficient (Wildman–Crippen LogP) is 2.54. The fraction of sp³-hybridized carbons (Fsp3) is 0.304. The number of nitrogens with one attached hydrogen (secondary N) is 1. The summed E-state index contributed by atoms with van der Waals surface area (Å²) < 4.78 is 6.29. The molecule has 152 valence electrons. The third kappa shape index (κ3) is 3.31. The van der Waals surface area contributed by atoms with Gasteiger partial charge in [-0.15, -0.1) is 0 Å². The zero-order valence-corrected chi connectivity index (χ0v) is 16.5. The summed E-state index contributed by atoms with van der Waals surface area (Å²) in [5.74, 6) is 0.570. The van der Waals surface area contributed by atoms with Gasteiger partial charge in [-0.3, -0.25) is 9.59 Å². The highest BCUT2D eigenvalue weighted by Crippen LogP contribution is 2.41. The number of carbonyl (C=O) groups is 1. The molecule has 0 bridgehead atoms. The molecule has 7 heteroatoms. The molecule has 3 aromatic rings. The van der Waals surface area contributed by atoms with Crippen molar-refractivity contribution in [1.82, 2.24) is 19.9 Å². The molecule has 2 aromatic heterocycles. The summed E-state index contributed by atoms with van der Waals surface area (Å²) in [6, 6.07) is 12.9. The van der Waals surface area contributed by atoms with E-state index in [0.29, 0.717) is 43.9 Å². The van der Waals surface area contributed by atoms with Crippen molar-refractivity contribution in [2.75, 3.05) is 19.7 Å². The van der Waals surface area contributed by atoms with Crippen LogP contribution in [0.2, 0.25) is 0 Å². The van der Waals surface area contributed by atoms with Crippen molar-refractivity contribution >= 4 is 5.91 Å². The van der Waals surface area contributed by atoms with Crippen LogP contribution in [-0.4, -0.2) is 45.5 Å². The van der Waals surface area contributed by atoms with Crippen molar-refractivity contribution in [2.45, 2.75) is 24.9 Å². The van der Waals surface area contributed by atoms with Crippen LogP contribution in [-0.2, 0) is 16.8 Å². The lowest BCUT2D eigenvalue weighted by Gasteiger charge is -2.44. The second-order valence-corrected chi connectivity index (χ2v) is 7.76. The number of rotatable bonds is 2. The van der Waals surface area contributed by atoms with Crippen molar-refractivity contribution in [3.8, 4) is 11.4 Å². The summed E-state index contributed by atoms with van der Waals surface area (Å²) in [5.41, 5.74) is 2.69. The maximum Gasteiger partial charge on any atom is 0.254 e. The Morgan fingerprint density at radius 2 is 1.93 bits per heavy atom. The number of piperidine rings is 1. The van der Waals surface area contributed by atoms with E-state index in [1.165, 1.54) is 12.3 Å². The van der Waals surface area contributed by atoms with Gasteiger partial charge >= 0.3 is 0 Å². The van der Waals surface area contributed by atoms with Crippen LogP contribution in [0.15, 0.2) is 59.7 Å². The minimum absolute atomic E-state index is 0.125. The topological polar surface area (TPSA) is 88.2 Å². The molecule has 2 aliphatic heterocycles. The number of aromatic amines is 1. The van der Waals surface area contributed by atoms with E-state index in [1.54, 1.807) is 11.0 Å². The third-order valence-electron chi connectivity index (χ3n) is 5.96. The van der Waals surface area contributed by atoms with Crippen molar-refractivity contribution in [2.24, 2.45) is 0 Å². The Morgan fingerprint density at radius 1 is 1.13 bits per heavy atom. The van der Waals surface area contributed by atoms with Crippen LogP contribution in [0.4, 0.5) is 0 Å². The van der Waals surface area contributed by atoms with Crippen molar-refractivity contribution in [1.29, 1.82) is 0 Å². The van der Waals surface area contributed by atoms with Crippen LogP contribution < -0.4 is 5.56 Å². The fourth-order valence-corrected chi connectivity index (χ4v) is 4.35. The standard InChI is InChI=1S/C23H22N4O3/c28-19-14-17(6-10-24-19)22(29)27-11-8-23(9-12-27)20-18(7-13-30-23)15-25-21(26-20)16-4-2-1-3-5-16/h1-6,10,14-15H,7-9,11-13H2,(H,24,28). The molecule has 1 spiro atoms. The summed E-state index contributed by atoms with van der Waals surface area (Å²) in [4.78, 5) is 38.2. The van der Waals surface area contributed by atoms with Gasteiger partial charge in [-0.05, 0) is 30.9 Å². The molecule has 0 radical (unpaired) electrons. The van der Waals surface area contributed by atoms with E-state index < -0.39 is 5.60 Å².